The van der Waals surface area contributed by atoms with Gasteiger partial charge in [-0.3, -0.25) is 9.59 Å². The molecule has 6 nitrogen and oxygen atoms in total. The van der Waals surface area contributed by atoms with Crippen molar-refractivity contribution < 1.29 is 18.7 Å². The van der Waals surface area contributed by atoms with Crippen LogP contribution >= 0.6 is 0 Å². The number of halogens is 1. The quantitative estimate of drug-likeness (QED) is 0.776. The number of amides is 2. The number of rotatable bonds is 7. The maximum absolute atomic E-state index is 12.9. The molecule has 1 aliphatic heterocycles. The molecule has 3 rings (SSSR count). The third kappa shape index (κ3) is 5.37. The molecule has 0 saturated carbocycles. The number of likely N-dealkylation sites (tertiary alicyclic amines) is 1. The van der Waals surface area contributed by atoms with E-state index in [9.17, 15) is 14.0 Å². The number of nitrogens with zero attached hydrogens (tertiary/aromatic N) is 2. The van der Waals surface area contributed by atoms with Gasteiger partial charge in [0, 0.05) is 32.0 Å². The smallest absolute Gasteiger partial charge is 0.257 e. The van der Waals surface area contributed by atoms with Crippen molar-refractivity contribution >= 4 is 11.8 Å². The first kappa shape index (κ1) is 20.9. The molecule has 0 spiro atoms. The van der Waals surface area contributed by atoms with Crippen molar-refractivity contribution in [3.8, 4) is 5.75 Å². The number of aromatic nitrogens is 1. The third-order valence-electron chi connectivity index (χ3n) is 5.45. The van der Waals surface area contributed by atoms with Gasteiger partial charge in [-0.25, -0.2) is 4.39 Å². The highest BCUT2D eigenvalue weighted by Crippen LogP contribution is 2.23. The second kappa shape index (κ2) is 9.11. The van der Waals surface area contributed by atoms with Gasteiger partial charge in [0.15, 0.2) is 6.61 Å². The van der Waals surface area contributed by atoms with Crippen LogP contribution in [0, 0.1) is 11.7 Å². The van der Waals surface area contributed by atoms with Crippen molar-refractivity contribution in [1.29, 1.82) is 0 Å². The van der Waals surface area contributed by atoms with Crippen LogP contribution in [0.25, 0.3) is 0 Å². The molecule has 2 amide bonds. The molecule has 1 aromatic carbocycles. The Morgan fingerprint density at radius 2 is 1.76 bits per heavy atom. The van der Waals surface area contributed by atoms with Crippen LogP contribution in [0.15, 0.2) is 48.8 Å². The summed E-state index contributed by atoms with van der Waals surface area (Å²) in [5.74, 6) is 0.357. The zero-order chi connectivity index (χ0) is 20.9. The summed E-state index contributed by atoms with van der Waals surface area (Å²) < 4.78 is 20.1. The number of piperidine rings is 1. The average Bonchev–Trinajstić information content (AvgIpc) is 3.27. The molecule has 0 radical (unpaired) electrons. The summed E-state index contributed by atoms with van der Waals surface area (Å²) in [6.45, 7) is 5.71. The molecule has 1 N–H and O–H groups in total. The van der Waals surface area contributed by atoms with Gasteiger partial charge in [0.2, 0.25) is 5.91 Å². The number of nitrogens with one attached hydrogen (secondary N) is 1. The average molecular weight is 401 g/mol. The van der Waals surface area contributed by atoms with E-state index in [0.717, 1.165) is 12.8 Å². The van der Waals surface area contributed by atoms with E-state index >= 15 is 0 Å². The van der Waals surface area contributed by atoms with E-state index in [1.807, 2.05) is 47.8 Å². The first-order valence-electron chi connectivity index (χ1n) is 9.94. The predicted octanol–water partition coefficient (Wildman–Crippen LogP) is 2.80. The molecule has 0 aliphatic carbocycles. The molecule has 29 heavy (non-hydrogen) atoms. The van der Waals surface area contributed by atoms with Crippen LogP contribution in [0.4, 0.5) is 4.39 Å². The third-order valence-corrected chi connectivity index (χ3v) is 5.45. The first-order valence-corrected chi connectivity index (χ1v) is 9.94. The Labute approximate surface area is 170 Å². The van der Waals surface area contributed by atoms with Crippen LogP contribution in [-0.2, 0) is 15.1 Å². The van der Waals surface area contributed by atoms with Gasteiger partial charge in [0.05, 0.1) is 0 Å². The van der Waals surface area contributed by atoms with E-state index in [4.69, 9.17) is 4.74 Å². The predicted molar refractivity (Wildman–Crippen MR) is 108 cm³/mol. The molecule has 2 heterocycles. The maximum atomic E-state index is 12.9. The van der Waals surface area contributed by atoms with Gasteiger partial charge in [-0.15, -0.1) is 0 Å². The van der Waals surface area contributed by atoms with Gasteiger partial charge < -0.3 is 19.5 Å². The van der Waals surface area contributed by atoms with E-state index in [-0.39, 0.29) is 24.2 Å². The molecule has 0 bridgehead atoms. The number of hydrogen-bond donors (Lipinski definition) is 1. The molecule has 0 unspecified atom stereocenters. The first-order chi connectivity index (χ1) is 13.9. The van der Waals surface area contributed by atoms with E-state index < -0.39 is 5.54 Å². The lowest BCUT2D eigenvalue weighted by Crippen LogP contribution is -2.50. The summed E-state index contributed by atoms with van der Waals surface area (Å²) in [5.41, 5.74) is -0.609. The van der Waals surface area contributed by atoms with Crippen LogP contribution in [0.5, 0.6) is 5.75 Å². The van der Waals surface area contributed by atoms with Crippen LogP contribution < -0.4 is 10.1 Å². The lowest BCUT2D eigenvalue weighted by molar-refractivity contribution is -0.140. The topological polar surface area (TPSA) is 63.6 Å². The van der Waals surface area contributed by atoms with Gasteiger partial charge >= 0.3 is 0 Å². The Balaban J connectivity index is 1.39. The summed E-state index contributed by atoms with van der Waals surface area (Å²) in [4.78, 5) is 26.8. The van der Waals surface area contributed by atoms with Crippen molar-refractivity contribution in [2.75, 3.05) is 26.2 Å². The lowest BCUT2D eigenvalue weighted by Gasteiger charge is -2.37. The molecular formula is C22H28FN3O3. The highest BCUT2D eigenvalue weighted by molar-refractivity contribution is 5.84. The minimum Gasteiger partial charge on any atom is -0.484 e. The summed E-state index contributed by atoms with van der Waals surface area (Å²) in [6, 6.07) is 9.41. The van der Waals surface area contributed by atoms with Gasteiger partial charge in [0.1, 0.15) is 17.1 Å². The minimum absolute atomic E-state index is 0.103. The largest absolute Gasteiger partial charge is 0.484 e. The lowest BCUT2D eigenvalue weighted by atomic mass is 9.94. The van der Waals surface area contributed by atoms with E-state index in [2.05, 4.69) is 5.32 Å². The fraction of sp³-hybridized carbons (Fsp3) is 0.455. The van der Waals surface area contributed by atoms with E-state index in [1.165, 1.54) is 24.3 Å². The van der Waals surface area contributed by atoms with Crippen molar-refractivity contribution in [1.82, 2.24) is 14.8 Å². The van der Waals surface area contributed by atoms with Gasteiger partial charge in [-0.1, -0.05) is 0 Å². The van der Waals surface area contributed by atoms with Gasteiger partial charge in [0.25, 0.3) is 5.91 Å². The van der Waals surface area contributed by atoms with Crippen LogP contribution in [0.2, 0.25) is 0 Å². The maximum Gasteiger partial charge on any atom is 0.257 e. The zero-order valence-electron chi connectivity index (χ0n) is 16.9. The molecule has 2 aromatic rings. The highest BCUT2D eigenvalue weighted by Gasteiger charge is 2.34. The molecule has 1 fully saturated rings. The minimum atomic E-state index is -0.609. The molecule has 1 saturated heterocycles. The Morgan fingerprint density at radius 3 is 2.38 bits per heavy atom. The normalized spacial score (nSPS) is 15.2. The Morgan fingerprint density at radius 1 is 1.14 bits per heavy atom. The van der Waals surface area contributed by atoms with Crippen LogP contribution in [0.3, 0.4) is 0 Å². The second-order valence-electron chi connectivity index (χ2n) is 7.93. The Hall–Kier alpha value is -2.83. The fourth-order valence-electron chi connectivity index (χ4n) is 3.53. The molecule has 1 aliphatic rings. The molecular weight excluding hydrogens is 373 g/mol. The number of hydrogen-bond acceptors (Lipinski definition) is 3. The summed E-state index contributed by atoms with van der Waals surface area (Å²) in [5, 5.41) is 2.89. The molecule has 7 heteroatoms. The van der Waals surface area contributed by atoms with Crippen molar-refractivity contribution in [2.45, 2.75) is 32.2 Å². The monoisotopic (exact) mass is 401 g/mol. The standard InChI is InChI=1S/C22H28FN3O3/c1-22(2,26-11-3-4-12-26)21(28)25-13-9-17(10-14-25)15-24-20(27)16-29-19-7-5-18(23)6-8-19/h3-8,11-12,17H,9-10,13-16H2,1-2H3,(H,24,27). The Bertz CT molecular complexity index is 810. The number of carbonyl (C=O) groups excluding carboxylic acids is 2. The van der Waals surface area contributed by atoms with Crippen LogP contribution in [0.1, 0.15) is 26.7 Å². The van der Waals surface area contributed by atoms with E-state index in [1.54, 1.807) is 0 Å². The highest BCUT2D eigenvalue weighted by atomic mass is 19.1. The summed E-state index contributed by atoms with van der Waals surface area (Å²) in [6.07, 6.45) is 5.53. The number of benzene rings is 1. The van der Waals surface area contributed by atoms with Crippen molar-refractivity contribution in [3.63, 3.8) is 0 Å². The summed E-state index contributed by atoms with van der Waals surface area (Å²) >= 11 is 0. The fourth-order valence-corrected chi connectivity index (χ4v) is 3.53. The molecule has 156 valence electrons. The Kier molecular flexibility index (Phi) is 6.56. The SMILES string of the molecule is CC(C)(C(=O)N1CCC(CNC(=O)COc2ccc(F)cc2)CC1)n1cccc1. The van der Waals surface area contributed by atoms with E-state index in [0.29, 0.717) is 31.3 Å². The van der Waals surface area contributed by atoms with Crippen LogP contribution in [-0.4, -0.2) is 47.5 Å². The molecule has 0 atom stereocenters. The molecule has 1 aromatic heterocycles. The second-order valence-corrected chi connectivity index (χ2v) is 7.93. The summed E-state index contributed by atoms with van der Waals surface area (Å²) in [7, 11) is 0. The number of carbonyl (C=O) groups is 2. The number of ether oxygens (including phenoxy) is 1. The van der Waals surface area contributed by atoms with Crippen molar-refractivity contribution in [3.05, 3.63) is 54.6 Å². The van der Waals surface area contributed by atoms with Crippen molar-refractivity contribution in [2.24, 2.45) is 5.92 Å². The van der Waals surface area contributed by atoms with Gasteiger partial charge in [-0.2, -0.15) is 0 Å². The zero-order valence-corrected chi connectivity index (χ0v) is 16.9. The van der Waals surface area contributed by atoms with Gasteiger partial charge in [-0.05, 0) is 69.0 Å².